The molecule has 1 aromatic carbocycles. The van der Waals surface area contributed by atoms with Crippen LogP contribution in [0.5, 0.6) is 5.75 Å². The molecule has 0 aliphatic heterocycles. The van der Waals surface area contributed by atoms with Crippen molar-refractivity contribution in [3.63, 3.8) is 0 Å². The monoisotopic (exact) mass is 328 g/mol. The summed E-state index contributed by atoms with van der Waals surface area (Å²) < 4.78 is 21.1. The standard InChI is InChI=1S/C18H16O6/c1-10(2)22-18(20)16-11(3)23-14-7-6-12(9-13(14)16)24-17(19)15-5-4-8-21-15/h4-10H,1-3H3. The summed E-state index contributed by atoms with van der Waals surface area (Å²) in [7, 11) is 0. The van der Waals surface area contributed by atoms with Crippen molar-refractivity contribution in [2.24, 2.45) is 0 Å². The quantitative estimate of drug-likeness (QED) is 0.529. The maximum absolute atomic E-state index is 12.3. The maximum atomic E-state index is 12.3. The van der Waals surface area contributed by atoms with E-state index in [1.54, 1.807) is 45.0 Å². The number of carbonyl (C=O) groups is 2. The molecule has 0 unspecified atom stereocenters. The van der Waals surface area contributed by atoms with Gasteiger partial charge >= 0.3 is 11.9 Å². The summed E-state index contributed by atoms with van der Waals surface area (Å²) >= 11 is 0. The van der Waals surface area contributed by atoms with Crippen LogP contribution in [0.15, 0.2) is 45.4 Å². The Labute approximate surface area is 137 Å². The Bertz CT molecular complexity index is 886. The van der Waals surface area contributed by atoms with Crippen molar-refractivity contribution in [2.45, 2.75) is 26.9 Å². The van der Waals surface area contributed by atoms with Crippen LogP contribution in [0, 0.1) is 6.92 Å². The summed E-state index contributed by atoms with van der Waals surface area (Å²) in [5, 5.41) is 0.530. The lowest BCUT2D eigenvalue weighted by atomic mass is 10.1. The van der Waals surface area contributed by atoms with Crippen molar-refractivity contribution in [3.8, 4) is 5.75 Å². The Kier molecular flexibility index (Phi) is 4.12. The minimum Gasteiger partial charge on any atom is -0.460 e. The molecule has 6 heteroatoms. The number of furan rings is 2. The molecule has 0 N–H and O–H groups in total. The van der Waals surface area contributed by atoms with Crippen LogP contribution in [0.1, 0.15) is 40.5 Å². The zero-order valence-electron chi connectivity index (χ0n) is 13.5. The smallest absolute Gasteiger partial charge is 0.379 e. The van der Waals surface area contributed by atoms with Gasteiger partial charge in [-0.05, 0) is 51.1 Å². The number of ether oxygens (including phenoxy) is 2. The van der Waals surface area contributed by atoms with Crippen LogP contribution in [0.2, 0.25) is 0 Å². The molecule has 3 rings (SSSR count). The Balaban J connectivity index is 1.95. The molecule has 3 aromatic rings. The summed E-state index contributed by atoms with van der Waals surface area (Å²) in [6.07, 6.45) is 1.14. The molecule has 6 nitrogen and oxygen atoms in total. The van der Waals surface area contributed by atoms with Gasteiger partial charge in [0.2, 0.25) is 5.76 Å². The van der Waals surface area contributed by atoms with Crippen molar-refractivity contribution >= 4 is 22.9 Å². The number of esters is 2. The first-order valence-corrected chi connectivity index (χ1v) is 7.45. The fraction of sp³-hybridized carbons (Fsp3) is 0.222. The lowest BCUT2D eigenvalue weighted by molar-refractivity contribution is 0.0378. The van der Waals surface area contributed by atoms with Crippen molar-refractivity contribution in [1.82, 2.24) is 0 Å². The van der Waals surface area contributed by atoms with Gasteiger partial charge in [-0.1, -0.05) is 0 Å². The van der Waals surface area contributed by atoms with Gasteiger partial charge in [0.1, 0.15) is 22.7 Å². The normalized spacial score (nSPS) is 11.0. The second-order valence-corrected chi connectivity index (χ2v) is 5.51. The number of aryl methyl sites for hydroxylation is 1. The number of carbonyl (C=O) groups excluding carboxylic acids is 2. The highest BCUT2D eigenvalue weighted by Crippen LogP contribution is 2.30. The van der Waals surface area contributed by atoms with Crippen molar-refractivity contribution in [2.75, 3.05) is 0 Å². The Morgan fingerprint density at radius 2 is 1.92 bits per heavy atom. The van der Waals surface area contributed by atoms with Crippen LogP contribution in [-0.4, -0.2) is 18.0 Å². The average Bonchev–Trinajstić information content (AvgIpc) is 3.12. The number of hydrogen-bond donors (Lipinski definition) is 0. The predicted molar refractivity (Wildman–Crippen MR) is 85.2 cm³/mol. The fourth-order valence-electron chi connectivity index (χ4n) is 2.34. The molecule has 24 heavy (non-hydrogen) atoms. The molecule has 2 aromatic heterocycles. The molecule has 0 fully saturated rings. The van der Waals surface area contributed by atoms with Crippen molar-refractivity contribution in [3.05, 3.63) is 53.7 Å². The van der Waals surface area contributed by atoms with E-state index in [4.69, 9.17) is 18.3 Å². The van der Waals surface area contributed by atoms with Crippen LogP contribution < -0.4 is 4.74 Å². The first-order valence-electron chi connectivity index (χ1n) is 7.45. The van der Waals surface area contributed by atoms with Gasteiger partial charge in [-0.25, -0.2) is 9.59 Å². The molecule has 0 saturated carbocycles. The summed E-state index contributed by atoms with van der Waals surface area (Å²) in [5.41, 5.74) is 0.843. The number of benzene rings is 1. The van der Waals surface area contributed by atoms with Crippen molar-refractivity contribution < 1.29 is 27.9 Å². The van der Waals surface area contributed by atoms with Gasteiger partial charge < -0.3 is 18.3 Å². The van der Waals surface area contributed by atoms with Crippen LogP contribution in [0.25, 0.3) is 11.0 Å². The highest BCUT2D eigenvalue weighted by Gasteiger charge is 2.21. The molecule has 0 aliphatic rings. The van der Waals surface area contributed by atoms with E-state index in [1.807, 2.05) is 0 Å². The molecule has 0 bridgehead atoms. The van der Waals surface area contributed by atoms with Gasteiger partial charge in [0.05, 0.1) is 12.4 Å². The van der Waals surface area contributed by atoms with Gasteiger partial charge in [0.25, 0.3) is 0 Å². The van der Waals surface area contributed by atoms with Crippen LogP contribution in [0.3, 0.4) is 0 Å². The molecule has 0 spiro atoms. The number of rotatable bonds is 4. The third-order valence-corrected chi connectivity index (χ3v) is 3.32. The van der Waals surface area contributed by atoms with E-state index >= 15 is 0 Å². The molecule has 124 valence electrons. The van der Waals surface area contributed by atoms with E-state index in [9.17, 15) is 9.59 Å². The zero-order chi connectivity index (χ0) is 17.3. The Hall–Kier alpha value is -3.02. The molecule has 0 amide bonds. The lowest BCUT2D eigenvalue weighted by Crippen LogP contribution is -2.12. The lowest BCUT2D eigenvalue weighted by Gasteiger charge is -2.07. The second kappa shape index (κ2) is 6.23. The zero-order valence-corrected chi connectivity index (χ0v) is 13.5. The highest BCUT2D eigenvalue weighted by atomic mass is 16.5. The highest BCUT2D eigenvalue weighted by molar-refractivity contribution is 6.05. The summed E-state index contributed by atoms with van der Waals surface area (Å²) in [6.45, 7) is 5.23. The predicted octanol–water partition coefficient (Wildman–Crippen LogP) is 4.12. The Morgan fingerprint density at radius 3 is 2.58 bits per heavy atom. The second-order valence-electron chi connectivity index (χ2n) is 5.51. The molecular weight excluding hydrogens is 312 g/mol. The minimum absolute atomic E-state index is 0.0953. The first-order chi connectivity index (χ1) is 11.5. The SMILES string of the molecule is Cc1oc2ccc(OC(=O)c3ccco3)cc2c1C(=O)OC(C)C. The van der Waals surface area contributed by atoms with Crippen LogP contribution >= 0.6 is 0 Å². The first kappa shape index (κ1) is 15.9. The van der Waals surface area contributed by atoms with E-state index in [-0.39, 0.29) is 17.6 Å². The largest absolute Gasteiger partial charge is 0.460 e. The van der Waals surface area contributed by atoms with Gasteiger partial charge in [-0.15, -0.1) is 0 Å². The summed E-state index contributed by atoms with van der Waals surface area (Å²) in [4.78, 5) is 24.2. The van der Waals surface area contributed by atoms with Crippen LogP contribution in [-0.2, 0) is 4.74 Å². The van der Waals surface area contributed by atoms with Gasteiger partial charge in [-0.2, -0.15) is 0 Å². The van der Waals surface area contributed by atoms with Crippen LogP contribution in [0.4, 0.5) is 0 Å². The number of hydrogen-bond acceptors (Lipinski definition) is 6. The van der Waals surface area contributed by atoms with E-state index < -0.39 is 11.9 Å². The Morgan fingerprint density at radius 1 is 1.12 bits per heavy atom. The maximum Gasteiger partial charge on any atom is 0.379 e. The van der Waals surface area contributed by atoms with Gasteiger partial charge in [0, 0.05) is 5.39 Å². The van der Waals surface area contributed by atoms with E-state index in [0.29, 0.717) is 22.3 Å². The molecule has 0 radical (unpaired) electrons. The third-order valence-electron chi connectivity index (χ3n) is 3.32. The van der Waals surface area contributed by atoms with E-state index in [2.05, 4.69) is 0 Å². The van der Waals surface area contributed by atoms with Gasteiger partial charge in [0.15, 0.2) is 0 Å². The van der Waals surface area contributed by atoms with Crippen molar-refractivity contribution in [1.29, 1.82) is 0 Å². The topological polar surface area (TPSA) is 78.9 Å². The van der Waals surface area contributed by atoms with E-state index in [1.165, 1.54) is 12.3 Å². The molecule has 0 saturated heterocycles. The minimum atomic E-state index is -0.620. The summed E-state index contributed by atoms with van der Waals surface area (Å²) in [6, 6.07) is 7.90. The fourth-order valence-corrected chi connectivity index (χ4v) is 2.34. The third kappa shape index (κ3) is 3.03. The molecular formula is C18H16O6. The van der Waals surface area contributed by atoms with E-state index in [0.717, 1.165) is 0 Å². The number of fused-ring (bicyclic) bond motifs is 1. The molecule has 0 aliphatic carbocycles. The summed E-state index contributed by atoms with van der Waals surface area (Å²) in [5.74, 6) is -0.270. The van der Waals surface area contributed by atoms with Gasteiger partial charge in [-0.3, -0.25) is 0 Å². The molecule has 0 atom stereocenters. The molecule has 2 heterocycles. The average molecular weight is 328 g/mol.